The zero-order valence-electron chi connectivity index (χ0n) is 11.6. The lowest BCUT2D eigenvalue weighted by Crippen LogP contribution is -2.06. The van der Waals surface area contributed by atoms with Gasteiger partial charge in [0.2, 0.25) is 0 Å². The van der Waals surface area contributed by atoms with E-state index in [0.29, 0.717) is 12.1 Å². The van der Waals surface area contributed by atoms with E-state index in [-0.39, 0.29) is 5.78 Å². The predicted molar refractivity (Wildman–Crippen MR) is 84.1 cm³/mol. The van der Waals surface area contributed by atoms with Crippen molar-refractivity contribution in [2.45, 2.75) is 6.42 Å². The molecule has 0 atom stereocenters. The highest BCUT2D eigenvalue weighted by molar-refractivity contribution is 5.96. The van der Waals surface area contributed by atoms with E-state index in [9.17, 15) is 4.79 Å². The van der Waals surface area contributed by atoms with Gasteiger partial charge in [0.05, 0.1) is 0 Å². The van der Waals surface area contributed by atoms with Gasteiger partial charge in [-0.2, -0.15) is 0 Å². The Labute approximate surface area is 124 Å². The maximum Gasteiger partial charge on any atom is 0.185 e. The summed E-state index contributed by atoms with van der Waals surface area (Å²) in [5, 5.41) is 0. The van der Waals surface area contributed by atoms with Gasteiger partial charge in [-0.25, -0.2) is 0 Å². The fourth-order valence-corrected chi connectivity index (χ4v) is 2.37. The minimum Gasteiger partial charge on any atom is -0.292 e. The average Bonchev–Trinajstić information content (AvgIpc) is 2.57. The number of benzene rings is 2. The number of hydrogen-bond donors (Lipinski definition) is 0. The molecule has 0 aliphatic rings. The van der Waals surface area contributed by atoms with Crippen LogP contribution in [0, 0.1) is 0 Å². The number of nitrogens with zero attached hydrogens (tertiary/aromatic N) is 1. The molecule has 0 spiro atoms. The lowest BCUT2D eigenvalue weighted by Gasteiger charge is -2.09. The molecule has 0 unspecified atom stereocenters. The van der Waals surface area contributed by atoms with E-state index in [1.807, 2.05) is 48.5 Å². The zero-order chi connectivity index (χ0) is 14.5. The summed E-state index contributed by atoms with van der Waals surface area (Å²) in [6, 6.07) is 23.5. The van der Waals surface area contributed by atoms with E-state index in [2.05, 4.69) is 23.2 Å². The van der Waals surface area contributed by atoms with Gasteiger partial charge >= 0.3 is 0 Å². The Morgan fingerprint density at radius 1 is 0.810 bits per heavy atom. The number of rotatable bonds is 4. The van der Waals surface area contributed by atoms with Crippen molar-refractivity contribution in [3.05, 3.63) is 90.3 Å². The molecular formula is C19H15NO. The Balaban J connectivity index is 1.92. The Kier molecular flexibility index (Phi) is 3.88. The van der Waals surface area contributed by atoms with Gasteiger partial charge in [-0.3, -0.25) is 9.78 Å². The van der Waals surface area contributed by atoms with Crippen molar-refractivity contribution in [2.75, 3.05) is 0 Å². The molecule has 0 N–H and O–H groups in total. The summed E-state index contributed by atoms with van der Waals surface area (Å²) in [7, 11) is 0. The maximum atomic E-state index is 12.3. The van der Waals surface area contributed by atoms with Gasteiger partial charge in [0, 0.05) is 12.6 Å². The van der Waals surface area contributed by atoms with Gasteiger partial charge < -0.3 is 0 Å². The third-order valence-corrected chi connectivity index (χ3v) is 3.40. The van der Waals surface area contributed by atoms with Gasteiger partial charge in [0.1, 0.15) is 5.69 Å². The van der Waals surface area contributed by atoms with Crippen LogP contribution in [0.5, 0.6) is 0 Å². The summed E-state index contributed by atoms with van der Waals surface area (Å²) < 4.78 is 0. The molecule has 3 aromatic rings. The van der Waals surface area contributed by atoms with Gasteiger partial charge in [-0.05, 0) is 28.8 Å². The quantitative estimate of drug-likeness (QED) is 0.668. The average molecular weight is 273 g/mol. The fraction of sp³-hybridized carbons (Fsp3) is 0.0526. The smallest absolute Gasteiger partial charge is 0.185 e. The van der Waals surface area contributed by atoms with Crippen molar-refractivity contribution < 1.29 is 4.79 Å². The molecule has 0 aliphatic heterocycles. The molecule has 102 valence electrons. The van der Waals surface area contributed by atoms with Crippen LogP contribution in [0.2, 0.25) is 0 Å². The Morgan fingerprint density at radius 2 is 1.52 bits per heavy atom. The Morgan fingerprint density at radius 3 is 2.29 bits per heavy atom. The maximum absolute atomic E-state index is 12.3. The van der Waals surface area contributed by atoms with Crippen LogP contribution >= 0.6 is 0 Å². The summed E-state index contributed by atoms with van der Waals surface area (Å²) >= 11 is 0. The number of hydrogen-bond acceptors (Lipinski definition) is 2. The van der Waals surface area contributed by atoms with Gasteiger partial charge in [-0.15, -0.1) is 0 Å². The normalized spacial score (nSPS) is 10.3. The van der Waals surface area contributed by atoms with E-state index in [1.54, 1.807) is 12.3 Å². The highest BCUT2D eigenvalue weighted by atomic mass is 16.1. The molecule has 0 saturated carbocycles. The van der Waals surface area contributed by atoms with Crippen LogP contribution in [-0.4, -0.2) is 10.8 Å². The van der Waals surface area contributed by atoms with Crippen LogP contribution in [0.15, 0.2) is 79.0 Å². The summed E-state index contributed by atoms with van der Waals surface area (Å²) in [5.41, 5.74) is 3.77. The van der Waals surface area contributed by atoms with Gasteiger partial charge in [0.15, 0.2) is 5.78 Å². The molecule has 1 aromatic heterocycles. The second-order valence-electron chi connectivity index (χ2n) is 4.84. The van der Waals surface area contributed by atoms with Crippen molar-refractivity contribution in [1.29, 1.82) is 0 Å². The lowest BCUT2D eigenvalue weighted by molar-refractivity contribution is 0.0988. The molecule has 2 nitrogen and oxygen atoms in total. The topological polar surface area (TPSA) is 30.0 Å². The first-order valence-corrected chi connectivity index (χ1v) is 6.92. The predicted octanol–water partition coefficient (Wildman–Crippen LogP) is 4.17. The molecule has 2 aromatic carbocycles. The molecule has 0 amide bonds. The Bertz CT molecular complexity index is 736. The standard InChI is InChI=1S/C19H15NO/c21-19(18-12-6-7-13-20-18)14-16-10-4-5-11-17(16)15-8-2-1-3-9-15/h1-13H,14H2. The first-order valence-electron chi connectivity index (χ1n) is 6.92. The lowest BCUT2D eigenvalue weighted by atomic mass is 9.96. The van der Waals surface area contributed by atoms with E-state index >= 15 is 0 Å². The fourth-order valence-electron chi connectivity index (χ4n) is 2.37. The molecule has 1 heterocycles. The van der Waals surface area contributed by atoms with Crippen molar-refractivity contribution in [2.24, 2.45) is 0 Å². The first-order chi connectivity index (χ1) is 10.3. The van der Waals surface area contributed by atoms with Crippen molar-refractivity contribution in [1.82, 2.24) is 4.98 Å². The van der Waals surface area contributed by atoms with Crippen LogP contribution in [0.4, 0.5) is 0 Å². The number of aromatic nitrogens is 1. The molecular weight excluding hydrogens is 258 g/mol. The van der Waals surface area contributed by atoms with Crippen LogP contribution < -0.4 is 0 Å². The monoisotopic (exact) mass is 273 g/mol. The first kappa shape index (κ1) is 13.3. The van der Waals surface area contributed by atoms with Crippen molar-refractivity contribution in [3.8, 4) is 11.1 Å². The zero-order valence-corrected chi connectivity index (χ0v) is 11.6. The third kappa shape index (κ3) is 3.06. The molecule has 3 rings (SSSR count). The van der Waals surface area contributed by atoms with Gasteiger partial charge in [-0.1, -0.05) is 60.7 Å². The van der Waals surface area contributed by atoms with Crippen molar-refractivity contribution >= 4 is 5.78 Å². The highest BCUT2D eigenvalue weighted by Gasteiger charge is 2.11. The van der Waals surface area contributed by atoms with E-state index in [1.165, 1.54) is 0 Å². The van der Waals surface area contributed by atoms with Crippen LogP contribution in [0.3, 0.4) is 0 Å². The Hall–Kier alpha value is -2.74. The highest BCUT2D eigenvalue weighted by Crippen LogP contribution is 2.24. The molecule has 0 aliphatic carbocycles. The molecule has 0 radical (unpaired) electrons. The third-order valence-electron chi connectivity index (χ3n) is 3.40. The van der Waals surface area contributed by atoms with Crippen LogP contribution in [0.1, 0.15) is 16.1 Å². The van der Waals surface area contributed by atoms with Crippen LogP contribution in [0.25, 0.3) is 11.1 Å². The summed E-state index contributed by atoms with van der Waals surface area (Å²) in [5.74, 6) is 0.0407. The molecule has 0 fully saturated rings. The number of carbonyl (C=O) groups excluding carboxylic acids is 1. The van der Waals surface area contributed by atoms with E-state index in [0.717, 1.165) is 16.7 Å². The molecule has 21 heavy (non-hydrogen) atoms. The second kappa shape index (κ2) is 6.14. The summed E-state index contributed by atoms with van der Waals surface area (Å²) in [6.07, 6.45) is 2.01. The SMILES string of the molecule is O=C(Cc1ccccc1-c1ccccc1)c1ccccn1. The summed E-state index contributed by atoms with van der Waals surface area (Å²) in [4.78, 5) is 16.5. The largest absolute Gasteiger partial charge is 0.292 e. The number of ketones is 1. The van der Waals surface area contributed by atoms with Crippen molar-refractivity contribution in [3.63, 3.8) is 0 Å². The second-order valence-corrected chi connectivity index (χ2v) is 4.84. The number of Topliss-reactive ketones (excluding diaryl/α,β-unsaturated/α-hetero) is 1. The summed E-state index contributed by atoms with van der Waals surface area (Å²) in [6.45, 7) is 0. The van der Waals surface area contributed by atoms with Gasteiger partial charge in [0.25, 0.3) is 0 Å². The number of carbonyl (C=O) groups is 1. The van der Waals surface area contributed by atoms with E-state index in [4.69, 9.17) is 0 Å². The molecule has 2 heteroatoms. The van der Waals surface area contributed by atoms with E-state index < -0.39 is 0 Å². The minimum atomic E-state index is 0.0407. The molecule has 0 bridgehead atoms. The minimum absolute atomic E-state index is 0.0407. The van der Waals surface area contributed by atoms with Crippen LogP contribution in [-0.2, 0) is 6.42 Å². The molecule has 0 saturated heterocycles. The number of pyridine rings is 1.